The van der Waals surface area contributed by atoms with Crippen LogP contribution >= 0.6 is 0 Å². The van der Waals surface area contributed by atoms with Crippen LogP contribution in [0, 0.1) is 5.67 Å². The van der Waals surface area contributed by atoms with Gasteiger partial charge in [-0.15, -0.1) is 39.5 Å². The number of allylic oxidation sites excluding steroid dienone is 6. The molecule has 22 heavy (non-hydrogen) atoms. The van der Waals surface area contributed by atoms with Crippen molar-refractivity contribution in [3.63, 3.8) is 0 Å². The molecule has 0 radical (unpaired) electrons. The topological polar surface area (TPSA) is 0 Å². The van der Waals surface area contributed by atoms with Gasteiger partial charge in [0.05, 0.1) is 0 Å². The molecule has 0 heterocycles. The third-order valence-electron chi connectivity index (χ3n) is 3.92. The van der Waals surface area contributed by atoms with Gasteiger partial charge in [0.1, 0.15) is 0 Å². The summed E-state index contributed by atoms with van der Waals surface area (Å²) in [5, 5.41) is 0. The van der Waals surface area contributed by atoms with Gasteiger partial charge in [0.2, 0.25) is 0 Å². The van der Waals surface area contributed by atoms with Crippen molar-refractivity contribution in [1.82, 2.24) is 0 Å². The number of rotatable bonds is 14. The van der Waals surface area contributed by atoms with Crippen LogP contribution in [0.1, 0.15) is 0 Å². The van der Waals surface area contributed by atoms with Crippen molar-refractivity contribution >= 4 is 16.1 Å². The van der Waals surface area contributed by atoms with Crippen LogP contribution in [0.4, 0.5) is 0 Å². The molecule has 0 saturated heterocycles. The Bertz CT molecular complexity index is 296. The summed E-state index contributed by atoms with van der Waals surface area (Å²) in [5.41, 5.74) is 2.75. The molecule has 0 aromatic rings. The van der Waals surface area contributed by atoms with Crippen LogP contribution < -0.4 is 18.9 Å². The van der Waals surface area contributed by atoms with E-state index in [0.29, 0.717) is 0 Å². The van der Waals surface area contributed by atoms with Gasteiger partial charge in [0.15, 0.2) is 0 Å². The average Bonchev–Trinajstić information content (AvgIpc) is 2.40. The van der Waals surface area contributed by atoms with Crippen molar-refractivity contribution in [2.24, 2.45) is 0 Å². The first-order valence-electron chi connectivity index (χ1n) is 7.60. The van der Waals surface area contributed by atoms with E-state index in [2.05, 4.69) is 81.6 Å². The molecule has 0 aliphatic heterocycles. The summed E-state index contributed by atoms with van der Waals surface area (Å²) < 4.78 is 0. The Morgan fingerprint density at radius 3 is 0.818 bits per heavy atom. The molecule has 0 nitrogen and oxygen atoms in total. The van der Waals surface area contributed by atoms with Gasteiger partial charge in [0, 0.05) is 0 Å². The summed E-state index contributed by atoms with van der Waals surface area (Å²) >= 11 is 0. The van der Waals surface area contributed by atoms with Gasteiger partial charge in [-0.2, -0.15) is 0 Å². The molecule has 0 saturated carbocycles. The molecule has 3 heteroatoms. The fourth-order valence-electron chi connectivity index (χ4n) is 3.23. The van der Waals surface area contributed by atoms with Crippen LogP contribution in [-0.2, 0) is 0 Å². The third kappa shape index (κ3) is 7.65. The SMILES string of the molecule is C=CC[Si]([CH-][Si](CC=C)(CC=C)CC=C)(CC=C)CC=C.[Li+]. The van der Waals surface area contributed by atoms with E-state index < -0.39 is 16.1 Å². The monoisotopic (exact) mass is 322 g/mol. The molecule has 0 spiro atoms. The van der Waals surface area contributed by atoms with Gasteiger partial charge in [-0.3, -0.25) is 0 Å². The van der Waals surface area contributed by atoms with Crippen LogP contribution in [-0.4, -0.2) is 16.1 Å². The minimum Gasteiger partial charge on any atom is -0.324 e. The van der Waals surface area contributed by atoms with E-state index >= 15 is 0 Å². The Labute approximate surface area is 152 Å². The first kappa shape index (κ1) is 23.7. The van der Waals surface area contributed by atoms with Gasteiger partial charge < -0.3 is 5.67 Å². The summed E-state index contributed by atoms with van der Waals surface area (Å²) in [4.78, 5) is 0. The van der Waals surface area contributed by atoms with Gasteiger partial charge in [-0.1, -0.05) is 88.9 Å². The Morgan fingerprint density at radius 1 is 0.500 bits per heavy atom. The van der Waals surface area contributed by atoms with E-state index in [9.17, 15) is 0 Å². The fourth-order valence-corrected chi connectivity index (χ4v) is 15.7. The Hall–Kier alpha value is -0.529. The zero-order valence-electron chi connectivity index (χ0n) is 14.5. The molecule has 0 aliphatic rings. The van der Waals surface area contributed by atoms with Gasteiger partial charge in [-0.25, -0.2) is 0 Å². The summed E-state index contributed by atoms with van der Waals surface area (Å²) in [7, 11) is -3.21. The molecule has 0 amide bonds. The molecule has 0 N–H and O–H groups in total. The van der Waals surface area contributed by atoms with Crippen LogP contribution in [0.5, 0.6) is 0 Å². The smallest absolute Gasteiger partial charge is 0.324 e. The number of hydrogen-bond donors (Lipinski definition) is 0. The zero-order chi connectivity index (χ0) is 16.2. The third-order valence-corrected chi connectivity index (χ3v) is 15.4. The minimum absolute atomic E-state index is 0. The normalized spacial score (nSPS) is 10.9. The quantitative estimate of drug-likeness (QED) is 0.261. The second-order valence-electron chi connectivity index (χ2n) is 5.83. The van der Waals surface area contributed by atoms with Crippen LogP contribution in [0.2, 0.25) is 36.3 Å². The predicted molar refractivity (Wildman–Crippen MR) is 106 cm³/mol. The van der Waals surface area contributed by atoms with Gasteiger partial charge >= 0.3 is 18.9 Å². The Balaban J connectivity index is 0. The van der Waals surface area contributed by atoms with Crippen molar-refractivity contribution in [3.8, 4) is 0 Å². The molecule has 0 unspecified atom stereocenters. The van der Waals surface area contributed by atoms with Crippen LogP contribution in [0.25, 0.3) is 0 Å². The van der Waals surface area contributed by atoms with Crippen molar-refractivity contribution in [2.75, 3.05) is 0 Å². The second-order valence-corrected chi connectivity index (χ2v) is 14.9. The van der Waals surface area contributed by atoms with Crippen molar-refractivity contribution in [2.45, 2.75) is 36.3 Å². The number of hydrogen-bond acceptors (Lipinski definition) is 0. The molecule has 0 aromatic carbocycles. The minimum atomic E-state index is -1.60. The summed E-state index contributed by atoms with van der Waals surface area (Å²) in [5.74, 6) is 0. The first-order valence-corrected chi connectivity index (χ1v) is 13.0. The maximum absolute atomic E-state index is 3.98. The van der Waals surface area contributed by atoms with Crippen molar-refractivity contribution in [1.29, 1.82) is 0 Å². The maximum Gasteiger partial charge on any atom is 1.00 e. The molecular formula is C19H31LiSi2. The van der Waals surface area contributed by atoms with Crippen molar-refractivity contribution in [3.05, 3.63) is 81.6 Å². The molecular weight excluding hydrogens is 291 g/mol. The Kier molecular flexibility index (Phi) is 14.0. The standard InChI is InChI=1S/C19H31Si2.Li/c1-7-13-20(14-8-2,15-9-3)19-21(16-10-4,17-11-5)18-12-6;/h7-12,19H,1-6,13-18H2;/q-1;+1. The van der Waals surface area contributed by atoms with Crippen LogP contribution in [0.15, 0.2) is 75.9 Å². The average molecular weight is 323 g/mol. The predicted octanol–water partition coefficient (Wildman–Crippen LogP) is 3.29. The van der Waals surface area contributed by atoms with E-state index in [-0.39, 0.29) is 18.9 Å². The van der Waals surface area contributed by atoms with E-state index in [0.717, 1.165) is 36.3 Å². The van der Waals surface area contributed by atoms with E-state index in [4.69, 9.17) is 0 Å². The molecule has 0 aromatic heterocycles. The molecule has 0 bridgehead atoms. The molecule has 0 rings (SSSR count). The largest absolute Gasteiger partial charge is 1.00 e. The fraction of sp³-hybridized carbons (Fsp3) is 0.316. The second kappa shape index (κ2) is 13.0. The Morgan fingerprint density at radius 2 is 0.682 bits per heavy atom. The maximum atomic E-state index is 3.98. The summed E-state index contributed by atoms with van der Waals surface area (Å²) in [6.45, 7) is 23.9. The molecule has 0 aliphatic carbocycles. The summed E-state index contributed by atoms with van der Waals surface area (Å²) in [6.07, 6.45) is 12.4. The zero-order valence-corrected chi connectivity index (χ0v) is 16.5. The van der Waals surface area contributed by atoms with Crippen LogP contribution in [0.3, 0.4) is 0 Å². The van der Waals surface area contributed by atoms with Crippen molar-refractivity contribution < 1.29 is 18.9 Å². The first-order chi connectivity index (χ1) is 10.1. The molecule has 0 atom stereocenters. The molecule has 116 valence electrons. The van der Waals surface area contributed by atoms with E-state index in [1.165, 1.54) is 0 Å². The van der Waals surface area contributed by atoms with Gasteiger partial charge in [-0.05, 0) is 0 Å². The summed E-state index contributed by atoms with van der Waals surface area (Å²) in [6, 6.07) is 6.53. The van der Waals surface area contributed by atoms with Gasteiger partial charge in [0.25, 0.3) is 0 Å². The molecule has 0 fully saturated rings. The van der Waals surface area contributed by atoms with E-state index in [1.807, 2.05) is 0 Å². The van der Waals surface area contributed by atoms with E-state index in [1.54, 1.807) is 0 Å².